The van der Waals surface area contributed by atoms with Gasteiger partial charge in [0.2, 0.25) is 9.84 Å². The molecule has 2 aromatic heterocycles. The quantitative estimate of drug-likeness (QED) is 0.799. The van der Waals surface area contributed by atoms with Crippen LogP contribution in [0.25, 0.3) is 0 Å². The van der Waals surface area contributed by atoms with Crippen molar-refractivity contribution in [3.63, 3.8) is 0 Å². The van der Waals surface area contributed by atoms with E-state index in [9.17, 15) is 13.2 Å². The number of nitrogens with zero attached hydrogens (tertiary/aromatic N) is 1. The van der Waals surface area contributed by atoms with Gasteiger partial charge in [-0.1, -0.05) is 6.07 Å². The molecule has 0 fully saturated rings. The lowest BCUT2D eigenvalue weighted by atomic mass is 10.3. The minimum atomic E-state index is -3.70. The van der Waals surface area contributed by atoms with Crippen LogP contribution in [0.4, 0.5) is 0 Å². The molecule has 0 spiro atoms. The summed E-state index contributed by atoms with van der Waals surface area (Å²) in [4.78, 5) is 14.9. The average Bonchev–Trinajstić information content (AvgIpc) is 2.72. The Kier molecular flexibility index (Phi) is 3.08. The first-order valence-electron chi connectivity index (χ1n) is 4.76. The normalized spacial score (nSPS) is 11.4. The molecule has 17 heavy (non-hydrogen) atoms. The number of hydrogen-bond donors (Lipinski definition) is 0. The van der Waals surface area contributed by atoms with Crippen LogP contribution in [0, 0.1) is 6.92 Å². The first kappa shape index (κ1) is 11.9. The Hall–Kier alpha value is -1.53. The zero-order valence-electron chi connectivity index (χ0n) is 8.95. The van der Waals surface area contributed by atoms with Gasteiger partial charge in [0, 0.05) is 6.20 Å². The van der Waals surface area contributed by atoms with Gasteiger partial charge < -0.3 is 0 Å². The number of hydrogen-bond acceptors (Lipinski definition) is 5. The molecule has 2 rings (SSSR count). The van der Waals surface area contributed by atoms with Crippen LogP contribution in [-0.4, -0.2) is 19.7 Å². The average molecular weight is 267 g/mol. The summed E-state index contributed by atoms with van der Waals surface area (Å²) in [7, 11) is -3.70. The van der Waals surface area contributed by atoms with E-state index in [2.05, 4.69) is 4.98 Å². The third-order valence-electron chi connectivity index (χ3n) is 2.23. The van der Waals surface area contributed by atoms with Crippen LogP contribution in [0.15, 0.2) is 39.7 Å². The fourth-order valence-corrected chi connectivity index (χ4v) is 4.25. The molecular formula is C11H9NO3S2. The van der Waals surface area contributed by atoms with Crippen molar-refractivity contribution in [2.45, 2.75) is 16.8 Å². The van der Waals surface area contributed by atoms with Crippen LogP contribution in [-0.2, 0) is 9.84 Å². The van der Waals surface area contributed by atoms with Crippen LogP contribution in [0.1, 0.15) is 15.2 Å². The van der Waals surface area contributed by atoms with Gasteiger partial charge in [-0.25, -0.2) is 13.4 Å². The van der Waals surface area contributed by atoms with Crippen molar-refractivity contribution in [3.05, 3.63) is 40.2 Å². The summed E-state index contributed by atoms with van der Waals surface area (Å²) in [5, 5.41) is 1.61. The SMILES string of the molecule is Cc1csc(C=O)c1S(=O)(=O)c1ccccn1. The third-order valence-corrected chi connectivity index (χ3v) is 5.26. The minimum Gasteiger partial charge on any atom is -0.297 e. The second-order valence-electron chi connectivity index (χ2n) is 3.40. The number of aromatic nitrogens is 1. The number of sulfone groups is 1. The molecule has 0 aliphatic heterocycles. The van der Waals surface area contributed by atoms with Gasteiger partial charge in [-0.15, -0.1) is 11.3 Å². The largest absolute Gasteiger partial charge is 0.297 e. The molecule has 0 saturated carbocycles. The number of aryl methyl sites for hydroxylation is 1. The number of rotatable bonds is 3. The van der Waals surface area contributed by atoms with E-state index in [1.165, 1.54) is 12.3 Å². The van der Waals surface area contributed by atoms with Gasteiger partial charge in [-0.2, -0.15) is 0 Å². The molecule has 6 heteroatoms. The molecule has 0 aliphatic carbocycles. The Morgan fingerprint density at radius 3 is 2.71 bits per heavy atom. The second-order valence-corrected chi connectivity index (χ2v) is 6.15. The van der Waals surface area contributed by atoms with Gasteiger partial charge in [-0.3, -0.25) is 4.79 Å². The van der Waals surface area contributed by atoms with Crippen LogP contribution >= 0.6 is 11.3 Å². The Labute approximate surface area is 103 Å². The van der Waals surface area contributed by atoms with Crippen LogP contribution in [0.2, 0.25) is 0 Å². The molecule has 2 aromatic rings. The summed E-state index contributed by atoms with van der Waals surface area (Å²) in [6, 6.07) is 4.66. The lowest BCUT2D eigenvalue weighted by Crippen LogP contribution is -2.06. The number of carbonyl (C=O) groups excluding carboxylic acids is 1. The summed E-state index contributed by atoms with van der Waals surface area (Å²) in [6.45, 7) is 1.67. The summed E-state index contributed by atoms with van der Waals surface area (Å²) in [5.41, 5.74) is 0.572. The van der Waals surface area contributed by atoms with Crippen molar-refractivity contribution < 1.29 is 13.2 Å². The third kappa shape index (κ3) is 2.01. The van der Waals surface area contributed by atoms with Crippen molar-refractivity contribution in [1.82, 2.24) is 4.98 Å². The van der Waals surface area contributed by atoms with E-state index >= 15 is 0 Å². The number of pyridine rings is 1. The second kappa shape index (κ2) is 4.38. The molecule has 0 unspecified atom stereocenters. The molecule has 0 atom stereocenters. The highest BCUT2D eigenvalue weighted by atomic mass is 32.2. The highest BCUT2D eigenvalue weighted by Crippen LogP contribution is 2.29. The summed E-state index contributed by atoms with van der Waals surface area (Å²) in [5.74, 6) is 0. The van der Waals surface area contributed by atoms with Gasteiger partial charge in [0.1, 0.15) is 0 Å². The smallest absolute Gasteiger partial charge is 0.225 e. The lowest BCUT2D eigenvalue weighted by Gasteiger charge is -2.03. The Bertz CT molecular complexity index is 645. The van der Waals surface area contributed by atoms with Crippen LogP contribution in [0.5, 0.6) is 0 Å². The van der Waals surface area contributed by atoms with E-state index in [1.807, 2.05) is 0 Å². The van der Waals surface area contributed by atoms with Crippen molar-refractivity contribution in [2.75, 3.05) is 0 Å². The summed E-state index contributed by atoms with van der Waals surface area (Å²) in [6.07, 6.45) is 1.97. The topological polar surface area (TPSA) is 64.1 Å². The van der Waals surface area contributed by atoms with Crippen molar-refractivity contribution >= 4 is 27.5 Å². The summed E-state index contributed by atoms with van der Waals surface area (Å²) >= 11 is 1.12. The molecule has 0 saturated heterocycles. The van der Waals surface area contributed by atoms with Gasteiger partial charge in [0.15, 0.2) is 11.3 Å². The molecule has 2 heterocycles. The predicted octanol–water partition coefficient (Wildman–Crippen LogP) is 2.10. The van der Waals surface area contributed by atoms with E-state index in [0.717, 1.165) is 11.3 Å². The zero-order valence-corrected chi connectivity index (χ0v) is 10.6. The van der Waals surface area contributed by atoms with Gasteiger partial charge >= 0.3 is 0 Å². The van der Waals surface area contributed by atoms with Crippen molar-refractivity contribution in [3.8, 4) is 0 Å². The molecule has 0 N–H and O–H groups in total. The van der Waals surface area contributed by atoms with Crippen molar-refractivity contribution in [2.24, 2.45) is 0 Å². The minimum absolute atomic E-state index is 0.0374. The van der Waals surface area contributed by atoms with Crippen LogP contribution in [0.3, 0.4) is 0 Å². The standard InChI is InChI=1S/C11H9NO3S2/c1-8-7-16-9(6-13)11(8)17(14,15)10-4-2-3-5-12-10/h2-7H,1H3. The van der Waals surface area contributed by atoms with E-state index in [1.54, 1.807) is 24.4 Å². The highest BCUT2D eigenvalue weighted by molar-refractivity contribution is 7.91. The van der Waals surface area contributed by atoms with E-state index in [4.69, 9.17) is 0 Å². The first-order valence-corrected chi connectivity index (χ1v) is 7.13. The fourth-order valence-electron chi connectivity index (χ4n) is 1.49. The highest BCUT2D eigenvalue weighted by Gasteiger charge is 2.25. The fraction of sp³-hybridized carbons (Fsp3) is 0.0909. The number of aldehydes is 1. The maximum Gasteiger partial charge on any atom is 0.225 e. The maximum absolute atomic E-state index is 12.3. The molecule has 0 aromatic carbocycles. The molecule has 0 radical (unpaired) electrons. The Morgan fingerprint density at radius 1 is 1.35 bits per heavy atom. The van der Waals surface area contributed by atoms with Gasteiger partial charge in [0.25, 0.3) is 0 Å². The van der Waals surface area contributed by atoms with Gasteiger partial charge in [0.05, 0.1) is 9.77 Å². The van der Waals surface area contributed by atoms with E-state index in [0.29, 0.717) is 11.8 Å². The molecular weight excluding hydrogens is 258 g/mol. The van der Waals surface area contributed by atoms with E-state index < -0.39 is 9.84 Å². The lowest BCUT2D eigenvalue weighted by molar-refractivity contribution is 0.112. The molecule has 0 amide bonds. The van der Waals surface area contributed by atoms with E-state index in [-0.39, 0.29) is 14.8 Å². The molecule has 0 aliphatic rings. The number of thiophene rings is 1. The van der Waals surface area contributed by atoms with Gasteiger partial charge in [-0.05, 0) is 30.0 Å². The molecule has 4 nitrogen and oxygen atoms in total. The van der Waals surface area contributed by atoms with Crippen LogP contribution < -0.4 is 0 Å². The molecule has 88 valence electrons. The Morgan fingerprint density at radius 2 is 2.12 bits per heavy atom. The number of carbonyl (C=O) groups is 1. The zero-order chi connectivity index (χ0) is 12.5. The Balaban J connectivity index is 2.68. The monoisotopic (exact) mass is 267 g/mol. The predicted molar refractivity (Wildman–Crippen MR) is 64.1 cm³/mol. The first-order chi connectivity index (χ1) is 8.07. The summed E-state index contributed by atoms with van der Waals surface area (Å²) < 4.78 is 24.6. The van der Waals surface area contributed by atoms with Crippen molar-refractivity contribution in [1.29, 1.82) is 0 Å². The maximum atomic E-state index is 12.3. The molecule has 0 bridgehead atoms.